The number of piperidine rings is 1. The smallest absolute Gasteiger partial charge is 0.284 e. The quantitative estimate of drug-likeness (QED) is 0.144. The molecule has 1 atom stereocenters. The first-order chi connectivity index (χ1) is 30.6. The molecule has 2 N–H and O–H groups in total. The maximum Gasteiger partial charge on any atom is 0.284 e. The molecule has 10 rings (SSSR count). The number of halogens is 2. The van der Waals surface area contributed by atoms with Crippen LogP contribution >= 0.6 is 0 Å². The summed E-state index contributed by atoms with van der Waals surface area (Å²) in [6.07, 6.45) is 10.5. The zero-order chi connectivity index (χ0) is 43.2. The summed E-state index contributed by atoms with van der Waals surface area (Å²) in [5.41, 5.74) is 2.80. The van der Waals surface area contributed by atoms with E-state index in [0.717, 1.165) is 86.6 Å². The first-order valence-electron chi connectivity index (χ1n) is 22.1. The second-order valence-electron chi connectivity index (χ2n) is 17.8. The number of carbonyl (C=O) groups is 3. The molecule has 16 nitrogen and oxygen atoms in total. The fraction of sp³-hybridized carbons (Fsp3) is 0.533. The number of nitrogens with zero attached hydrogens (tertiary/aromatic N) is 9. The van der Waals surface area contributed by atoms with Gasteiger partial charge in [-0.3, -0.25) is 34.0 Å². The molecule has 18 heteroatoms. The van der Waals surface area contributed by atoms with E-state index in [-0.39, 0.29) is 47.0 Å². The summed E-state index contributed by atoms with van der Waals surface area (Å²) in [6.45, 7) is 6.89. The predicted molar refractivity (Wildman–Crippen MR) is 227 cm³/mol. The molecule has 3 amide bonds. The third kappa shape index (κ3) is 8.17. The van der Waals surface area contributed by atoms with Crippen molar-refractivity contribution in [2.24, 2.45) is 5.41 Å². The molecule has 5 aromatic rings. The SMILES string of the molecule is Cc1nn(C2CCC(=O)NC2=O)c2cccc(C#CCOC3CCC(N4CC5(CCC(n6cc(NC(=O)c7cnn8ccc(N9CCOCC9)nc78)c(C(F)F)n6)CC5)C4)CC3)c12. The van der Waals surface area contributed by atoms with Crippen molar-refractivity contribution in [3.63, 3.8) is 0 Å². The van der Waals surface area contributed by atoms with Gasteiger partial charge >= 0.3 is 0 Å². The van der Waals surface area contributed by atoms with Crippen molar-refractivity contribution in [2.45, 2.75) is 102 Å². The number of carbonyl (C=O) groups excluding carboxylic acids is 3. The van der Waals surface area contributed by atoms with Crippen LogP contribution in [0.2, 0.25) is 0 Å². The molecule has 5 fully saturated rings. The van der Waals surface area contributed by atoms with Crippen LogP contribution in [0.1, 0.15) is 110 Å². The average molecular weight is 864 g/mol. The van der Waals surface area contributed by atoms with Crippen LogP contribution in [0.3, 0.4) is 0 Å². The largest absolute Gasteiger partial charge is 0.378 e. The van der Waals surface area contributed by atoms with Gasteiger partial charge < -0.3 is 19.7 Å². The van der Waals surface area contributed by atoms with Gasteiger partial charge in [-0.1, -0.05) is 17.9 Å². The Morgan fingerprint density at radius 1 is 1.03 bits per heavy atom. The van der Waals surface area contributed by atoms with Crippen LogP contribution < -0.4 is 15.5 Å². The van der Waals surface area contributed by atoms with Gasteiger partial charge in [0, 0.05) is 62.0 Å². The fourth-order valence-electron chi connectivity index (χ4n) is 10.4. The minimum atomic E-state index is -2.85. The van der Waals surface area contributed by atoms with Gasteiger partial charge in [0.05, 0.1) is 48.5 Å². The van der Waals surface area contributed by atoms with Crippen LogP contribution in [0.4, 0.5) is 20.3 Å². The second-order valence-corrected chi connectivity index (χ2v) is 17.8. The van der Waals surface area contributed by atoms with Gasteiger partial charge in [0.1, 0.15) is 24.0 Å². The number of ether oxygens (including phenoxy) is 2. The maximum absolute atomic E-state index is 14.3. The number of morpholine rings is 1. The van der Waals surface area contributed by atoms with Crippen molar-refractivity contribution in [3.8, 4) is 11.8 Å². The lowest BCUT2D eigenvalue weighted by Gasteiger charge is -2.57. The van der Waals surface area contributed by atoms with Crippen molar-refractivity contribution in [3.05, 3.63) is 65.4 Å². The number of amides is 3. The Morgan fingerprint density at radius 3 is 2.59 bits per heavy atom. The Balaban J connectivity index is 0.693. The minimum absolute atomic E-state index is 0.00456. The van der Waals surface area contributed by atoms with Gasteiger partial charge in [0.25, 0.3) is 18.2 Å². The van der Waals surface area contributed by atoms with E-state index < -0.39 is 24.1 Å². The van der Waals surface area contributed by atoms with Crippen LogP contribution in [0.25, 0.3) is 16.6 Å². The molecule has 1 unspecified atom stereocenters. The number of aryl methyl sites for hydroxylation is 1. The van der Waals surface area contributed by atoms with Crippen LogP contribution in [-0.4, -0.2) is 115 Å². The summed E-state index contributed by atoms with van der Waals surface area (Å²) in [5, 5.41) is 19.3. The molecule has 1 spiro atoms. The third-order valence-electron chi connectivity index (χ3n) is 13.8. The van der Waals surface area contributed by atoms with E-state index in [1.807, 2.05) is 31.2 Å². The highest BCUT2D eigenvalue weighted by Crippen LogP contribution is 2.49. The zero-order valence-electron chi connectivity index (χ0n) is 35.3. The average Bonchev–Trinajstić information content (AvgIpc) is 4.00. The number of nitrogens with one attached hydrogen (secondary N) is 2. The standard InChI is InChI=1S/C45H51F2N11O5/c1-28-39-29(4-2-6-35(39)58(52-28)36-11-12-38(59)51-44(36)61)5-3-21-63-32-9-7-30(8-10-32)55-26-45(27-55)16-13-31(14-17-45)57-25-34(40(53-57)41(46)47)49-43(60)33-24-48-56-18-15-37(50-42(33)56)54-19-22-62-23-20-54/h2,4,6,15,18,24-25,30-32,36,41H,7-14,16-17,19-23,26-27H2,1H3,(H,49,60)(H,51,59,61). The molecule has 2 aliphatic carbocycles. The number of likely N-dealkylation sites (tertiary alicyclic amines) is 1. The molecule has 5 aliphatic rings. The van der Waals surface area contributed by atoms with Gasteiger partial charge in [-0.05, 0) is 88.3 Å². The lowest BCUT2D eigenvalue weighted by molar-refractivity contribution is -0.135. The Morgan fingerprint density at radius 2 is 1.83 bits per heavy atom. The maximum atomic E-state index is 14.3. The molecule has 0 radical (unpaired) electrons. The van der Waals surface area contributed by atoms with Crippen LogP contribution in [0.5, 0.6) is 0 Å². The van der Waals surface area contributed by atoms with E-state index in [1.165, 1.54) is 10.7 Å². The number of alkyl halides is 2. The van der Waals surface area contributed by atoms with E-state index in [0.29, 0.717) is 56.8 Å². The summed E-state index contributed by atoms with van der Waals surface area (Å²) < 4.78 is 45.1. The van der Waals surface area contributed by atoms with Crippen LogP contribution in [-0.2, 0) is 19.1 Å². The summed E-state index contributed by atoms with van der Waals surface area (Å²) >= 11 is 0. The molecule has 63 heavy (non-hydrogen) atoms. The minimum Gasteiger partial charge on any atom is -0.378 e. The Hall–Kier alpha value is -5.77. The van der Waals surface area contributed by atoms with Crippen molar-refractivity contribution in [1.82, 2.24) is 44.4 Å². The number of hydrogen-bond donors (Lipinski definition) is 2. The topological polar surface area (TPSA) is 166 Å². The van der Waals surface area contributed by atoms with Crippen LogP contribution in [0, 0.1) is 24.2 Å². The molecule has 330 valence electrons. The molecule has 0 bridgehead atoms. The summed E-state index contributed by atoms with van der Waals surface area (Å²) in [4.78, 5) is 47.1. The monoisotopic (exact) mass is 863 g/mol. The molecular weight excluding hydrogens is 813 g/mol. The van der Waals surface area contributed by atoms with Gasteiger partial charge in [-0.15, -0.1) is 0 Å². The number of anilines is 2. The van der Waals surface area contributed by atoms with E-state index in [4.69, 9.17) is 9.47 Å². The first-order valence-corrected chi connectivity index (χ1v) is 22.1. The van der Waals surface area contributed by atoms with Crippen LogP contribution in [0.15, 0.2) is 42.9 Å². The Kier molecular flexibility index (Phi) is 11.2. The van der Waals surface area contributed by atoms with Crippen molar-refractivity contribution < 1.29 is 32.6 Å². The summed E-state index contributed by atoms with van der Waals surface area (Å²) in [7, 11) is 0. The summed E-state index contributed by atoms with van der Waals surface area (Å²) in [5.74, 6) is 6.04. The summed E-state index contributed by atoms with van der Waals surface area (Å²) in [6, 6.07) is 7.62. The molecule has 3 saturated heterocycles. The first kappa shape index (κ1) is 41.3. The molecule has 3 aliphatic heterocycles. The van der Waals surface area contributed by atoms with E-state index >= 15 is 0 Å². The van der Waals surface area contributed by atoms with Crippen molar-refractivity contribution in [1.29, 1.82) is 0 Å². The van der Waals surface area contributed by atoms with E-state index in [9.17, 15) is 23.2 Å². The van der Waals surface area contributed by atoms with Gasteiger partial charge in [-0.2, -0.15) is 15.3 Å². The third-order valence-corrected chi connectivity index (χ3v) is 13.8. The number of fused-ring (bicyclic) bond motifs is 2. The highest BCUT2D eigenvalue weighted by atomic mass is 19.3. The highest BCUT2D eigenvalue weighted by Gasteiger charge is 2.48. The number of imide groups is 1. The number of rotatable bonds is 9. The van der Waals surface area contributed by atoms with Crippen molar-refractivity contribution >= 4 is 45.8 Å². The highest BCUT2D eigenvalue weighted by molar-refractivity contribution is 6.08. The molecule has 1 aromatic carbocycles. The van der Waals surface area contributed by atoms with E-state index in [2.05, 4.69) is 52.6 Å². The Bertz CT molecular complexity index is 2600. The number of benzene rings is 1. The normalized spacial score (nSPS) is 23.2. The van der Waals surface area contributed by atoms with Gasteiger partial charge in [-0.25, -0.2) is 18.3 Å². The molecule has 4 aromatic heterocycles. The zero-order valence-corrected chi connectivity index (χ0v) is 35.3. The van der Waals surface area contributed by atoms with Gasteiger partial charge in [0.15, 0.2) is 11.3 Å². The second kappa shape index (κ2) is 17.1. The molecule has 2 saturated carbocycles. The predicted octanol–water partition coefficient (Wildman–Crippen LogP) is 5.38. The lowest BCUT2D eigenvalue weighted by Crippen LogP contribution is -2.61. The number of aromatic nitrogens is 7. The Labute approximate surface area is 362 Å². The fourth-order valence-corrected chi connectivity index (χ4v) is 10.4. The van der Waals surface area contributed by atoms with E-state index in [1.54, 1.807) is 21.8 Å². The van der Waals surface area contributed by atoms with Crippen molar-refractivity contribution in [2.75, 3.05) is 56.2 Å². The van der Waals surface area contributed by atoms with Gasteiger partial charge in [0.2, 0.25) is 5.91 Å². The lowest BCUT2D eigenvalue weighted by atomic mass is 9.66. The number of hydrogen-bond acceptors (Lipinski definition) is 11. The molecule has 7 heterocycles. The molecular formula is C45H51F2N11O5.